The van der Waals surface area contributed by atoms with Gasteiger partial charge in [-0.2, -0.15) is 8.78 Å². The number of nitrogens with one attached hydrogen (secondary N) is 1. The lowest BCUT2D eigenvalue weighted by Gasteiger charge is -2.29. The molecule has 0 aliphatic carbocycles. The van der Waals surface area contributed by atoms with Crippen LogP contribution in [0.3, 0.4) is 0 Å². The lowest BCUT2D eigenvalue weighted by molar-refractivity contribution is -0.0514. The highest BCUT2D eigenvalue weighted by molar-refractivity contribution is 5.43. The topological polar surface area (TPSA) is 33.7 Å². The van der Waals surface area contributed by atoms with Gasteiger partial charge < -0.3 is 19.7 Å². The highest BCUT2D eigenvalue weighted by atomic mass is 19.3. The van der Waals surface area contributed by atoms with E-state index in [1.807, 2.05) is 13.0 Å². The summed E-state index contributed by atoms with van der Waals surface area (Å²) in [6.07, 6.45) is 1.17. The van der Waals surface area contributed by atoms with E-state index in [4.69, 9.17) is 4.74 Å². The maximum absolute atomic E-state index is 12.4. The number of benzene rings is 1. The van der Waals surface area contributed by atoms with Gasteiger partial charge in [-0.05, 0) is 50.0 Å². The molecule has 1 heterocycles. The summed E-state index contributed by atoms with van der Waals surface area (Å²) in [7, 11) is 2.08. The summed E-state index contributed by atoms with van der Waals surface area (Å²) in [4.78, 5) is 2.26. The third-order valence-corrected chi connectivity index (χ3v) is 4.09. The lowest BCUT2D eigenvalue weighted by Crippen LogP contribution is -2.34. The molecule has 130 valence electrons. The van der Waals surface area contributed by atoms with Crippen molar-refractivity contribution < 1.29 is 18.3 Å². The van der Waals surface area contributed by atoms with Gasteiger partial charge in [0.1, 0.15) is 0 Å². The van der Waals surface area contributed by atoms with E-state index in [2.05, 4.69) is 28.9 Å². The van der Waals surface area contributed by atoms with Crippen LogP contribution in [-0.2, 0) is 6.54 Å². The van der Waals surface area contributed by atoms with Gasteiger partial charge in [0.15, 0.2) is 11.5 Å². The van der Waals surface area contributed by atoms with Gasteiger partial charge in [0.2, 0.25) is 0 Å². The fourth-order valence-electron chi connectivity index (χ4n) is 3.14. The Morgan fingerprint density at radius 2 is 2.13 bits per heavy atom. The van der Waals surface area contributed by atoms with Crippen LogP contribution in [0.5, 0.6) is 11.5 Å². The van der Waals surface area contributed by atoms with Gasteiger partial charge >= 0.3 is 6.61 Å². The largest absolute Gasteiger partial charge is 0.490 e. The van der Waals surface area contributed by atoms with E-state index >= 15 is 0 Å². The van der Waals surface area contributed by atoms with Crippen molar-refractivity contribution >= 4 is 0 Å². The molecule has 1 N–H and O–H groups in total. The molecule has 6 heteroatoms. The summed E-state index contributed by atoms with van der Waals surface area (Å²) in [5, 5.41) is 3.40. The van der Waals surface area contributed by atoms with Crippen LogP contribution in [0.2, 0.25) is 0 Å². The third-order valence-electron chi connectivity index (χ3n) is 4.09. The summed E-state index contributed by atoms with van der Waals surface area (Å²) in [6.45, 7) is 5.49. The molecule has 0 radical (unpaired) electrons. The molecule has 23 heavy (non-hydrogen) atoms. The number of hydrogen-bond acceptors (Lipinski definition) is 4. The Morgan fingerprint density at radius 1 is 1.35 bits per heavy atom. The van der Waals surface area contributed by atoms with Crippen molar-refractivity contribution in [3.63, 3.8) is 0 Å². The highest BCUT2D eigenvalue weighted by Crippen LogP contribution is 2.31. The predicted molar refractivity (Wildman–Crippen MR) is 86.2 cm³/mol. The minimum atomic E-state index is -2.85. The van der Waals surface area contributed by atoms with Crippen molar-refractivity contribution in [3.05, 3.63) is 23.8 Å². The van der Waals surface area contributed by atoms with Crippen molar-refractivity contribution in [2.75, 3.05) is 33.3 Å². The summed E-state index contributed by atoms with van der Waals surface area (Å²) < 4.78 is 34.8. The number of halogens is 2. The SMILES string of the molecule is CCOc1cc(CN(C)CC2(C)CCNC2)ccc1OC(F)F. The normalized spacial score (nSPS) is 21.2. The minimum absolute atomic E-state index is 0.0835. The smallest absolute Gasteiger partial charge is 0.387 e. The summed E-state index contributed by atoms with van der Waals surface area (Å²) in [6, 6.07) is 5.15. The monoisotopic (exact) mass is 328 g/mol. The first-order chi connectivity index (χ1) is 10.9. The van der Waals surface area contributed by atoms with Gasteiger partial charge in [-0.3, -0.25) is 0 Å². The molecule has 1 unspecified atom stereocenters. The van der Waals surface area contributed by atoms with Crippen LogP contribution >= 0.6 is 0 Å². The molecule has 0 bridgehead atoms. The van der Waals surface area contributed by atoms with Gasteiger partial charge in [0.25, 0.3) is 0 Å². The maximum atomic E-state index is 12.4. The van der Waals surface area contributed by atoms with Crippen LogP contribution in [0.1, 0.15) is 25.8 Å². The van der Waals surface area contributed by atoms with Gasteiger partial charge in [-0.1, -0.05) is 13.0 Å². The van der Waals surface area contributed by atoms with Crippen molar-refractivity contribution in [2.45, 2.75) is 33.4 Å². The molecule has 2 rings (SSSR count). The van der Waals surface area contributed by atoms with E-state index in [1.54, 1.807) is 12.1 Å². The van der Waals surface area contributed by atoms with Gasteiger partial charge in [-0.25, -0.2) is 0 Å². The molecule has 0 aromatic heterocycles. The molecular weight excluding hydrogens is 302 g/mol. The Balaban J connectivity index is 2.02. The molecule has 1 fully saturated rings. The van der Waals surface area contributed by atoms with Crippen LogP contribution < -0.4 is 14.8 Å². The van der Waals surface area contributed by atoms with Crippen LogP contribution in [0, 0.1) is 5.41 Å². The van der Waals surface area contributed by atoms with Crippen LogP contribution in [0.4, 0.5) is 8.78 Å². The van der Waals surface area contributed by atoms with E-state index in [9.17, 15) is 8.78 Å². The molecule has 1 aliphatic rings. The Labute approximate surface area is 136 Å². The van der Waals surface area contributed by atoms with Crippen molar-refractivity contribution in [2.24, 2.45) is 5.41 Å². The quantitative estimate of drug-likeness (QED) is 0.795. The number of rotatable bonds is 8. The zero-order valence-corrected chi connectivity index (χ0v) is 14.1. The zero-order chi connectivity index (χ0) is 16.9. The van der Waals surface area contributed by atoms with Gasteiger partial charge in [-0.15, -0.1) is 0 Å². The van der Waals surface area contributed by atoms with Crippen LogP contribution in [-0.4, -0.2) is 44.8 Å². The second-order valence-electron chi connectivity index (χ2n) is 6.50. The standard InChI is InChI=1S/C17H26F2N2O2/c1-4-22-15-9-13(5-6-14(15)23-16(18)19)10-21(3)12-17(2)7-8-20-11-17/h5-6,9,16,20H,4,7-8,10-12H2,1-3H3. The Morgan fingerprint density at radius 3 is 2.74 bits per heavy atom. The third kappa shape index (κ3) is 5.32. The van der Waals surface area contributed by atoms with E-state index in [-0.39, 0.29) is 11.2 Å². The number of hydrogen-bond donors (Lipinski definition) is 1. The van der Waals surface area contributed by atoms with Crippen molar-refractivity contribution in [1.82, 2.24) is 10.2 Å². The average Bonchev–Trinajstić information content (AvgIpc) is 2.87. The summed E-state index contributed by atoms with van der Waals surface area (Å²) >= 11 is 0. The average molecular weight is 328 g/mol. The van der Waals surface area contributed by atoms with E-state index in [0.717, 1.165) is 31.7 Å². The lowest BCUT2D eigenvalue weighted by atomic mass is 9.89. The molecule has 4 nitrogen and oxygen atoms in total. The molecule has 0 spiro atoms. The van der Waals surface area contributed by atoms with Gasteiger partial charge in [0, 0.05) is 19.6 Å². The fourth-order valence-corrected chi connectivity index (χ4v) is 3.14. The Bertz CT molecular complexity index is 505. The Hall–Kier alpha value is -1.40. The Kier molecular flexibility index (Phi) is 6.18. The fraction of sp³-hybridized carbons (Fsp3) is 0.647. The maximum Gasteiger partial charge on any atom is 0.387 e. The minimum Gasteiger partial charge on any atom is -0.490 e. The first kappa shape index (κ1) is 17.9. The van der Waals surface area contributed by atoms with E-state index < -0.39 is 6.61 Å². The van der Waals surface area contributed by atoms with Crippen molar-refractivity contribution in [1.29, 1.82) is 0 Å². The summed E-state index contributed by atoms with van der Waals surface area (Å²) in [5.74, 6) is 0.452. The molecule has 1 aliphatic heterocycles. The first-order valence-corrected chi connectivity index (χ1v) is 8.02. The molecule has 1 aromatic rings. The molecule has 0 amide bonds. The van der Waals surface area contributed by atoms with E-state index in [1.165, 1.54) is 6.42 Å². The number of alkyl halides is 2. The molecule has 0 saturated carbocycles. The molecule has 1 aromatic carbocycles. The van der Waals surface area contributed by atoms with Crippen LogP contribution in [0.15, 0.2) is 18.2 Å². The van der Waals surface area contributed by atoms with Gasteiger partial charge in [0.05, 0.1) is 6.61 Å². The number of ether oxygens (including phenoxy) is 2. The second kappa shape index (κ2) is 7.93. The number of nitrogens with zero attached hydrogens (tertiary/aromatic N) is 1. The molecule has 1 atom stereocenters. The zero-order valence-electron chi connectivity index (χ0n) is 14.1. The molecule has 1 saturated heterocycles. The van der Waals surface area contributed by atoms with E-state index in [0.29, 0.717) is 12.4 Å². The predicted octanol–water partition coefficient (Wildman–Crippen LogP) is 3.12. The summed E-state index contributed by atoms with van der Waals surface area (Å²) in [5.41, 5.74) is 1.31. The second-order valence-corrected chi connectivity index (χ2v) is 6.50. The van der Waals surface area contributed by atoms with Crippen LogP contribution in [0.25, 0.3) is 0 Å². The molecular formula is C17H26F2N2O2. The first-order valence-electron chi connectivity index (χ1n) is 8.02. The highest BCUT2D eigenvalue weighted by Gasteiger charge is 2.29. The van der Waals surface area contributed by atoms with Crippen molar-refractivity contribution in [3.8, 4) is 11.5 Å².